The molecule has 0 aromatic rings. The van der Waals surface area contributed by atoms with Crippen molar-refractivity contribution in [3.05, 3.63) is 0 Å². The Morgan fingerprint density at radius 1 is 1.54 bits per heavy atom. The molecule has 1 heterocycles. The van der Waals surface area contributed by atoms with Gasteiger partial charge in [0, 0.05) is 40.4 Å². The van der Waals surface area contributed by atoms with Crippen LogP contribution in [0.1, 0.15) is 34.1 Å². The highest BCUT2D eigenvalue weighted by Gasteiger charge is 2.35. The summed E-state index contributed by atoms with van der Waals surface area (Å²) >= 11 is 0. The van der Waals surface area contributed by atoms with E-state index < -0.39 is 10.8 Å². The molecule has 1 rings (SSSR count). The summed E-state index contributed by atoms with van der Waals surface area (Å²) in [5.74, 6) is 1.69. The van der Waals surface area contributed by atoms with Crippen molar-refractivity contribution >= 4 is 10.8 Å². The summed E-state index contributed by atoms with van der Waals surface area (Å²) in [7, 11) is -0.591. The lowest BCUT2D eigenvalue weighted by Crippen LogP contribution is -2.56. The smallest absolute Gasteiger partial charge is 0.0414 e. The average molecular weight is 203 g/mol. The van der Waals surface area contributed by atoms with E-state index in [0.29, 0.717) is 6.04 Å². The van der Waals surface area contributed by atoms with Crippen molar-refractivity contribution in [2.24, 2.45) is 0 Å². The van der Waals surface area contributed by atoms with Gasteiger partial charge in [0.2, 0.25) is 0 Å². The predicted octanol–water partition coefficient (Wildman–Crippen LogP) is 1.63. The quantitative estimate of drug-likeness (QED) is 0.680. The van der Waals surface area contributed by atoms with Crippen molar-refractivity contribution in [2.75, 3.05) is 18.1 Å². The van der Waals surface area contributed by atoms with Crippen molar-refractivity contribution in [1.29, 1.82) is 0 Å². The van der Waals surface area contributed by atoms with Gasteiger partial charge in [0.15, 0.2) is 0 Å². The summed E-state index contributed by atoms with van der Waals surface area (Å²) in [4.78, 5) is 2.49. The highest BCUT2D eigenvalue weighted by Crippen LogP contribution is 2.24. The van der Waals surface area contributed by atoms with Crippen molar-refractivity contribution in [2.45, 2.75) is 45.7 Å². The van der Waals surface area contributed by atoms with Gasteiger partial charge >= 0.3 is 0 Å². The van der Waals surface area contributed by atoms with E-state index >= 15 is 0 Å². The summed E-state index contributed by atoms with van der Waals surface area (Å²) in [6.45, 7) is 9.88. The molecule has 1 fully saturated rings. The monoisotopic (exact) mass is 203 g/mol. The van der Waals surface area contributed by atoms with E-state index in [1.807, 2.05) is 0 Å². The third kappa shape index (κ3) is 2.53. The van der Waals surface area contributed by atoms with Gasteiger partial charge in [-0.1, -0.05) is 6.92 Å². The fourth-order valence-corrected chi connectivity index (χ4v) is 3.59. The minimum atomic E-state index is -0.591. The minimum absolute atomic E-state index is 0.124. The van der Waals surface area contributed by atoms with Gasteiger partial charge in [-0.3, -0.25) is 9.11 Å². The van der Waals surface area contributed by atoms with Gasteiger partial charge in [0.25, 0.3) is 0 Å². The van der Waals surface area contributed by atoms with E-state index in [1.54, 1.807) is 0 Å². The number of hydrogen-bond acceptors (Lipinski definition) is 2. The Bertz CT molecular complexity index is 203. The van der Waals surface area contributed by atoms with Crippen LogP contribution in [0.5, 0.6) is 0 Å². The van der Waals surface area contributed by atoms with Crippen LogP contribution in [0, 0.1) is 0 Å². The molecule has 1 aliphatic heterocycles. The van der Waals surface area contributed by atoms with Gasteiger partial charge in [-0.05, 0) is 27.2 Å². The van der Waals surface area contributed by atoms with Crippen molar-refractivity contribution in [1.82, 2.24) is 4.90 Å². The summed E-state index contributed by atoms with van der Waals surface area (Å²) in [5, 5.41) is 0. The second kappa shape index (κ2) is 4.09. The molecule has 1 saturated heterocycles. The van der Waals surface area contributed by atoms with Gasteiger partial charge in [-0.15, -0.1) is 0 Å². The van der Waals surface area contributed by atoms with Crippen LogP contribution in [0.2, 0.25) is 0 Å². The minimum Gasteiger partial charge on any atom is -0.294 e. The van der Waals surface area contributed by atoms with E-state index in [9.17, 15) is 4.21 Å². The predicted molar refractivity (Wildman–Crippen MR) is 58.4 cm³/mol. The van der Waals surface area contributed by atoms with E-state index in [-0.39, 0.29) is 5.54 Å². The Kier molecular flexibility index (Phi) is 3.52. The molecule has 0 radical (unpaired) electrons. The van der Waals surface area contributed by atoms with Crippen LogP contribution in [-0.4, -0.2) is 38.7 Å². The maximum atomic E-state index is 11.4. The van der Waals surface area contributed by atoms with Crippen LogP contribution >= 0.6 is 0 Å². The van der Waals surface area contributed by atoms with Gasteiger partial charge in [0.1, 0.15) is 0 Å². The van der Waals surface area contributed by atoms with Crippen molar-refractivity contribution in [3.63, 3.8) is 0 Å². The maximum absolute atomic E-state index is 11.4. The molecule has 2 atom stereocenters. The lowest BCUT2D eigenvalue weighted by atomic mass is 10.0. The fraction of sp³-hybridized carbons (Fsp3) is 1.00. The van der Waals surface area contributed by atoms with Gasteiger partial charge in [0.05, 0.1) is 0 Å². The molecular weight excluding hydrogens is 182 g/mol. The zero-order chi connectivity index (χ0) is 10.1. The molecule has 0 aromatic carbocycles. The Morgan fingerprint density at radius 3 is 2.62 bits per heavy atom. The average Bonchev–Trinajstić information content (AvgIpc) is 2.01. The number of nitrogens with zero attached hydrogens (tertiary/aromatic N) is 1. The van der Waals surface area contributed by atoms with Crippen LogP contribution in [0.4, 0.5) is 0 Å². The molecule has 0 aliphatic carbocycles. The zero-order valence-electron chi connectivity index (χ0n) is 9.17. The van der Waals surface area contributed by atoms with Crippen molar-refractivity contribution < 1.29 is 4.21 Å². The van der Waals surface area contributed by atoms with Crippen LogP contribution in [0.3, 0.4) is 0 Å². The first-order valence-corrected chi connectivity index (χ1v) is 6.58. The van der Waals surface area contributed by atoms with E-state index in [1.165, 1.54) is 6.42 Å². The molecule has 0 N–H and O–H groups in total. The van der Waals surface area contributed by atoms with E-state index in [0.717, 1.165) is 18.1 Å². The highest BCUT2D eigenvalue weighted by molar-refractivity contribution is 7.85. The van der Waals surface area contributed by atoms with E-state index in [4.69, 9.17) is 0 Å². The Labute approximate surface area is 84.2 Å². The van der Waals surface area contributed by atoms with E-state index in [2.05, 4.69) is 32.6 Å². The first-order chi connectivity index (χ1) is 5.97. The summed E-state index contributed by atoms with van der Waals surface area (Å²) in [6, 6.07) is 0.618. The molecule has 0 spiro atoms. The van der Waals surface area contributed by atoms with Crippen LogP contribution in [0.25, 0.3) is 0 Å². The molecule has 1 aliphatic rings. The van der Waals surface area contributed by atoms with Crippen molar-refractivity contribution in [3.8, 4) is 0 Å². The summed E-state index contributed by atoms with van der Waals surface area (Å²) in [5.41, 5.74) is 0.124. The molecule has 0 saturated carbocycles. The second-order valence-corrected chi connectivity index (χ2v) is 6.13. The molecule has 0 aromatic heterocycles. The summed E-state index contributed by atoms with van der Waals surface area (Å²) in [6.07, 6.45) is 1.18. The third-order valence-corrected chi connectivity index (χ3v) is 4.64. The normalized spacial score (nSPS) is 31.5. The van der Waals surface area contributed by atoms with Crippen LogP contribution in [0.15, 0.2) is 0 Å². The molecule has 3 heteroatoms. The lowest BCUT2D eigenvalue weighted by molar-refractivity contribution is 0.0932. The Balaban J connectivity index is 2.69. The molecule has 13 heavy (non-hydrogen) atoms. The topological polar surface area (TPSA) is 20.3 Å². The van der Waals surface area contributed by atoms with Gasteiger partial charge < -0.3 is 0 Å². The highest BCUT2D eigenvalue weighted by atomic mass is 32.2. The van der Waals surface area contributed by atoms with Gasteiger partial charge in [-0.2, -0.15) is 0 Å². The van der Waals surface area contributed by atoms with Crippen LogP contribution in [-0.2, 0) is 10.8 Å². The first-order valence-electron chi connectivity index (χ1n) is 5.09. The molecule has 2 unspecified atom stereocenters. The third-order valence-electron chi connectivity index (χ3n) is 2.97. The second-order valence-electron chi connectivity index (χ2n) is 4.55. The zero-order valence-corrected chi connectivity index (χ0v) is 9.99. The van der Waals surface area contributed by atoms with Crippen LogP contribution < -0.4 is 0 Å². The van der Waals surface area contributed by atoms with Gasteiger partial charge in [-0.25, -0.2) is 0 Å². The largest absolute Gasteiger partial charge is 0.294 e. The Morgan fingerprint density at radius 2 is 2.15 bits per heavy atom. The molecule has 0 amide bonds. The molecular formula is C10H21NOS. The number of rotatable bonds is 2. The SMILES string of the molecule is CCC(C)N1CCS(=O)CC1(C)C. The standard InChI is InChI=1S/C10H21NOS/c1-5-9(2)11-6-7-13(12)8-10(11,3)4/h9H,5-8H2,1-4H3. The fourth-order valence-electron chi connectivity index (χ4n) is 2.09. The molecule has 78 valence electrons. The maximum Gasteiger partial charge on any atom is 0.0414 e. The number of hydrogen-bond donors (Lipinski definition) is 0. The Hall–Kier alpha value is 0.110. The molecule has 0 bridgehead atoms. The first kappa shape index (κ1) is 11.2. The summed E-state index contributed by atoms with van der Waals surface area (Å²) < 4.78 is 11.4. The lowest BCUT2D eigenvalue weighted by Gasteiger charge is -2.45. The molecule has 2 nitrogen and oxygen atoms in total.